The Morgan fingerprint density at radius 2 is 2.13 bits per heavy atom. The molecule has 0 amide bonds. The van der Waals surface area contributed by atoms with Crippen LogP contribution in [0.3, 0.4) is 0 Å². The maximum atomic E-state index is 13.2. The molecule has 5 heterocycles. The molecule has 39 heavy (non-hydrogen) atoms. The van der Waals surface area contributed by atoms with Gasteiger partial charge in [-0.15, -0.1) is 6.58 Å². The Hall–Kier alpha value is -4.22. The van der Waals surface area contributed by atoms with E-state index in [4.69, 9.17) is 14.5 Å². The minimum atomic E-state index is -1.15. The highest BCUT2D eigenvalue weighted by Gasteiger charge is 2.37. The van der Waals surface area contributed by atoms with Crippen molar-refractivity contribution in [3.8, 4) is 11.6 Å². The summed E-state index contributed by atoms with van der Waals surface area (Å²) >= 11 is 0. The van der Waals surface area contributed by atoms with Gasteiger partial charge in [-0.05, 0) is 44.5 Å². The van der Waals surface area contributed by atoms with Crippen LogP contribution in [-0.4, -0.2) is 61.8 Å². The second-order valence-electron chi connectivity index (χ2n) is 10.4. The molecular formula is C28H31N7O4. The third-order valence-electron chi connectivity index (χ3n) is 7.22. The maximum Gasteiger partial charge on any atom is 0.278 e. The molecule has 2 aliphatic rings. The molecule has 1 aromatic carbocycles. The predicted octanol–water partition coefficient (Wildman–Crippen LogP) is 3.12. The van der Waals surface area contributed by atoms with Crippen LogP contribution in [0.15, 0.2) is 60.0 Å². The average Bonchev–Trinajstić information content (AvgIpc) is 3.47. The monoisotopic (exact) mass is 529 g/mol. The largest absolute Gasteiger partial charge is 0.489 e. The summed E-state index contributed by atoms with van der Waals surface area (Å²) in [4.78, 5) is 29.3. The number of rotatable bonds is 7. The number of allylic oxidation sites excluding steroid dienone is 1. The van der Waals surface area contributed by atoms with E-state index in [1.165, 1.54) is 10.9 Å². The number of hydrogen-bond acceptors (Lipinski definition) is 9. The summed E-state index contributed by atoms with van der Waals surface area (Å²) in [5.74, 6) is 1.56. The first kappa shape index (κ1) is 25.1. The molecule has 11 nitrogen and oxygen atoms in total. The standard InChI is InChI=1S/C28H31N7O4/c1-5-11-34-26(36)20-14-29-27(32-25(20)35(34)24-8-6-7-23(31-24)28(2,3)37)30-17-9-10-21-22(12-17)39-16-18-13-19(38-4)15-33(18)21/h5-10,12,14,18-19,37H,1,11,13,15-16H2,2-4H3,(H,29,30,32)/t18-,19-/m0/s1. The fraction of sp³-hybridized carbons (Fsp3) is 0.357. The van der Waals surface area contributed by atoms with Crippen molar-refractivity contribution >= 4 is 28.4 Å². The van der Waals surface area contributed by atoms with Crippen molar-refractivity contribution in [1.29, 1.82) is 0 Å². The summed E-state index contributed by atoms with van der Waals surface area (Å²) in [6.45, 7) is 8.81. The number of nitrogens with one attached hydrogen (secondary N) is 1. The number of methoxy groups -OCH3 is 1. The Labute approximate surface area is 225 Å². The number of hydrogen-bond donors (Lipinski definition) is 2. The van der Waals surface area contributed by atoms with E-state index in [-0.39, 0.29) is 18.2 Å². The number of ether oxygens (including phenoxy) is 2. The van der Waals surface area contributed by atoms with Crippen molar-refractivity contribution in [2.45, 2.75) is 44.6 Å². The fourth-order valence-electron chi connectivity index (χ4n) is 5.25. The van der Waals surface area contributed by atoms with Crippen LogP contribution in [0.25, 0.3) is 16.9 Å². The van der Waals surface area contributed by atoms with Crippen molar-refractivity contribution in [3.05, 3.63) is 71.3 Å². The fourth-order valence-corrected chi connectivity index (χ4v) is 5.25. The number of aliphatic hydroxyl groups is 1. The third kappa shape index (κ3) is 4.43. The molecule has 0 radical (unpaired) electrons. The summed E-state index contributed by atoms with van der Waals surface area (Å²) in [5, 5.41) is 14.1. The second kappa shape index (κ2) is 9.51. The van der Waals surface area contributed by atoms with Crippen molar-refractivity contribution in [2.75, 3.05) is 30.5 Å². The van der Waals surface area contributed by atoms with E-state index in [0.29, 0.717) is 41.1 Å². The van der Waals surface area contributed by atoms with E-state index in [9.17, 15) is 9.90 Å². The molecule has 4 aromatic rings. The van der Waals surface area contributed by atoms with Crippen LogP contribution < -0.4 is 20.5 Å². The Morgan fingerprint density at radius 1 is 1.28 bits per heavy atom. The zero-order valence-corrected chi connectivity index (χ0v) is 22.2. The number of fused-ring (bicyclic) bond motifs is 4. The minimum Gasteiger partial charge on any atom is -0.489 e. The van der Waals surface area contributed by atoms with Gasteiger partial charge in [-0.2, -0.15) is 4.98 Å². The predicted molar refractivity (Wildman–Crippen MR) is 148 cm³/mol. The van der Waals surface area contributed by atoms with Gasteiger partial charge in [0.15, 0.2) is 11.5 Å². The lowest BCUT2D eigenvalue weighted by molar-refractivity contribution is 0.0738. The molecule has 0 unspecified atom stereocenters. The molecule has 0 spiro atoms. The Bertz CT molecular complexity index is 1620. The van der Waals surface area contributed by atoms with Gasteiger partial charge in [0.05, 0.1) is 30.1 Å². The van der Waals surface area contributed by atoms with Gasteiger partial charge in [-0.1, -0.05) is 12.1 Å². The van der Waals surface area contributed by atoms with E-state index >= 15 is 0 Å². The van der Waals surface area contributed by atoms with Gasteiger partial charge in [-0.3, -0.25) is 4.79 Å². The van der Waals surface area contributed by atoms with E-state index in [2.05, 4.69) is 26.8 Å². The number of aromatic nitrogens is 5. The van der Waals surface area contributed by atoms with Crippen LogP contribution >= 0.6 is 0 Å². The molecule has 3 aromatic heterocycles. The summed E-state index contributed by atoms with van der Waals surface area (Å²) in [7, 11) is 1.75. The normalized spacial score (nSPS) is 18.5. The first-order chi connectivity index (χ1) is 18.8. The zero-order valence-electron chi connectivity index (χ0n) is 22.2. The summed E-state index contributed by atoms with van der Waals surface area (Å²) in [5.41, 5.74) is 1.25. The van der Waals surface area contributed by atoms with E-state index in [0.717, 1.165) is 30.1 Å². The highest BCUT2D eigenvalue weighted by molar-refractivity contribution is 5.77. The van der Waals surface area contributed by atoms with E-state index < -0.39 is 5.60 Å². The molecule has 1 saturated heterocycles. The summed E-state index contributed by atoms with van der Waals surface area (Å²) < 4.78 is 14.8. The van der Waals surface area contributed by atoms with Crippen molar-refractivity contribution in [1.82, 2.24) is 24.3 Å². The zero-order chi connectivity index (χ0) is 27.3. The van der Waals surface area contributed by atoms with Crippen molar-refractivity contribution < 1.29 is 14.6 Å². The van der Waals surface area contributed by atoms with Crippen LogP contribution in [0.2, 0.25) is 0 Å². The Balaban J connectivity index is 1.38. The lowest BCUT2D eigenvalue weighted by Gasteiger charge is -2.33. The SMILES string of the molecule is C=CCn1c(=O)c2cnc(Nc3ccc4c(c3)OC[C@@H]3C[C@H](OC)CN43)nc2n1-c1cccc(C(C)(C)O)n1. The first-order valence-electron chi connectivity index (χ1n) is 12.9. The van der Waals surface area contributed by atoms with Gasteiger partial charge in [0.2, 0.25) is 5.95 Å². The highest BCUT2D eigenvalue weighted by atomic mass is 16.5. The van der Waals surface area contributed by atoms with E-state index in [1.807, 2.05) is 18.2 Å². The lowest BCUT2D eigenvalue weighted by atomic mass is 10.1. The van der Waals surface area contributed by atoms with Crippen LogP contribution in [0.4, 0.5) is 17.3 Å². The van der Waals surface area contributed by atoms with Crippen LogP contribution in [0, 0.1) is 0 Å². The van der Waals surface area contributed by atoms with Gasteiger partial charge < -0.3 is 24.8 Å². The minimum absolute atomic E-state index is 0.201. The quantitative estimate of drug-likeness (QED) is 0.348. The van der Waals surface area contributed by atoms with Crippen molar-refractivity contribution in [2.24, 2.45) is 0 Å². The molecule has 0 aliphatic carbocycles. The van der Waals surface area contributed by atoms with Gasteiger partial charge >= 0.3 is 0 Å². The third-order valence-corrected chi connectivity index (χ3v) is 7.22. The molecular weight excluding hydrogens is 498 g/mol. The van der Waals surface area contributed by atoms with Gasteiger partial charge in [0.1, 0.15) is 23.3 Å². The summed E-state index contributed by atoms with van der Waals surface area (Å²) in [6.07, 6.45) is 4.30. The smallest absolute Gasteiger partial charge is 0.278 e. The molecule has 202 valence electrons. The van der Waals surface area contributed by atoms with Gasteiger partial charge in [0, 0.05) is 31.6 Å². The highest BCUT2D eigenvalue weighted by Crippen LogP contribution is 2.40. The van der Waals surface area contributed by atoms with Gasteiger partial charge in [0.25, 0.3) is 5.56 Å². The number of nitrogens with zero attached hydrogens (tertiary/aromatic N) is 6. The number of anilines is 3. The Kier molecular flexibility index (Phi) is 6.12. The molecule has 11 heteroatoms. The maximum absolute atomic E-state index is 13.2. The average molecular weight is 530 g/mol. The molecule has 1 fully saturated rings. The molecule has 2 atom stereocenters. The van der Waals surface area contributed by atoms with Crippen molar-refractivity contribution in [3.63, 3.8) is 0 Å². The molecule has 2 aliphatic heterocycles. The van der Waals surface area contributed by atoms with E-state index in [1.54, 1.807) is 49.9 Å². The van der Waals surface area contributed by atoms with Crippen LogP contribution in [0.1, 0.15) is 26.0 Å². The number of benzene rings is 1. The Morgan fingerprint density at radius 3 is 2.90 bits per heavy atom. The number of pyridine rings is 1. The summed E-state index contributed by atoms with van der Waals surface area (Å²) in [6, 6.07) is 11.5. The van der Waals surface area contributed by atoms with Gasteiger partial charge in [-0.25, -0.2) is 19.3 Å². The van der Waals surface area contributed by atoms with Crippen LogP contribution in [0.5, 0.6) is 5.75 Å². The lowest BCUT2D eigenvalue weighted by Crippen LogP contribution is -2.38. The molecule has 6 rings (SSSR count). The molecule has 2 N–H and O–H groups in total. The van der Waals surface area contributed by atoms with Crippen LogP contribution in [-0.2, 0) is 16.9 Å². The molecule has 0 saturated carbocycles. The second-order valence-corrected chi connectivity index (χ2v) is 10.4. The first-order valence-corrected chi connectivity index (χ1v) is 12.9. The molecule has 0 bridgehead atoms. The topological polar surface area (TPSA) is 120 Å².